The molecule has 1 unspecified atom stereocenters. The van der Waals surface area contributed by atoms with Crippen LogP contribution in [0.25, 0.3) is 0 Å². The zero-order chi connectivity index (χ0) is 13.1. The third-order valence-electron chi connectivity index (χ3n) is 4.57. The van der Waals surface area contributed by atoms with Gasteiger partial charge in [0.05, 0.1) is 5.60 Å². The van der Waals surface area contributed by atoms with E-state index in [4.69, 9.17) is 0 Å². The third-order valence-corrected chi connectivity index (χ3v) is 4.57. The van der Waals surface area contributed by atoms with Crippen LogP contribution in [-0.4, -0.2) is 28.3 Å². The van der Waals surface area contributed by atoms with Crippen molar-refractivity contribution in [1.29, 1.82) is 0 Å². The number of aromatic nitrogens is 1. The monoisotopic (exact) mass is 260 g/mol. The highest BCUT2D eigenvalue weighted by Gasteiger charge is 2.35. The standard InChI is InChI=1S/C16H24N2O/c19-16(8-2-3-9-16)12-18-15(13-6-7-13)11-14-5-1-4-10-17-14/h1,4-5,10,13,15,18-19H,2-3,6-9,11-12H2. The molecule has 2 N–H and O–H groups in total. The minimum atomic E-state index is -0.447. The third kappa shape index (κ3) is 3.54. The van der Waals surface area contributed by atoms with E-state index < -0.39 is 5.60 Å². The van der Waals surface area contributed by atoms with Gasteiger partial charge in [-0.25, -0.2) is 0 Å². The van der Waals surface area contributed by atoms with Crippen molar-refractivity contribution in [3.8, 4) is 0 Å². The minimum Gasteiger partial charge on any atom is -0.389 e. The molecule has 2 saturated carbocycles. The van der Waals surface area contributed by atoms with Crippen molar-refractivity contribution >= 4 is 0 Å². The van der Waals surface area contributed by atoms with Crippen LogP contribution in [-0.2, 0) is 6.42 Å². The van der Waals surface area contributed by atoms with E-state index in [1.165, 1.54) is 25.7 Å². The molecular weight excluding hydrogens is 236 g/mol. The predicted octanol–water partition coefficient (Wildman–Crippen LogP) is 2.30. The normalized spacial score (nSPS) is 23.4. The molecule has 1 heterocycles. The van der Waals surface area contributed by atoms with Gasteiger partial charge in [-0.15, -0.1) is 0 Å². The topological polar surface area (TPSA) is 45.1 Å². The Kier molecular flexibility index (Phi) is 3.85. The fourth-order valence-electron chi connectivity index (χ4n) is 3.18. The zero-order valence-electron chi connectivity index (χ0n) is 11.5. The summed E-state index contributed by atoms with van der Waals surface area (Å²) in [6.45, 7) is 0.751. The van der Waals surface area contributed by atoms with Crippen molar-refractivity contribution < 1.29 is 5.11 Å². The molecule has 2 aliphatic rings. The lowest BCUT2D eigenvalue weighted by atomic mass is 10.00. The molecule has 19 heavy (non-hydrogen) atoms. The number of hydrogen-bond acceptors (Lipinski definition) is 3. The van der Waals surface area contributed by atoms with Gasteiger partial charge < -0.3 is 10.4 Å². The second-order valence-electron chi connectivity index (χ2n) is 6.28. The molecule has 0 bridgehead atoms. The van der Waals surface area contributed by atoms with Crippen LogP contribution in [0.1, 0.15) is 44.2 Å². The summed E-state index contributed by atoms with van der Waals surface area (Å²) in [6, 6.07) is 6.60. The van der Waals surface area contributed by atoms with Crippen molar-refractivity contribution in [2.45, 2.75) is 56.6 Å². The molecule has 0 aromatic carbocycles. The molecule has 3 nitrogen and oxygen atoms in total. The molecular formula is C16H24N2O. The van der Waals surface area contributed by atoms with Crippen LogP contribution in [0.4, 0.5) is 0 Å². The molecule has 2 fully saturated rings. The number of aliphatic hydroxyl groups is 1. The molecule has 2 aliphatic carbocycles. The first-order chi connectivity index (χ1) is 9.25. The molecule has 1 aromatic rings. The summed E-state index contributed by atoms with van der Waals surface area (Å²) < 4.78 is 0. The van der Waals surface area contributed by atoms with Gasteiger partial charge >= 0.3 is 0 Å². The largest absolute Gasteiger partial charge is 0.389 e. The maximum Gasteiger partial charge on any atom is 0.0771 e. The van der Waals surface area contributed by atoms with Crippen LogP contribution in [0.5, 0.6) is 0 Å². The Labute approximate surface area is 115 Å². The van der Waals surface area contributed by atoms with E-state index in [1.807, 2.05) is 12.3 Å². The molecule has 0 aliphatic heterocycles. The first kappa shape index (κ1) is 13.1. The fraction of sp³-hybridized carbons (Fsp3) is 0.688. The van der Waals surface area contributed by atoms with Gasteiger partial charge in [0.1, 0.15) is 0 Å². The average molecular weight is 260 g/mol. The minimum absolute atomic E-state index is 0.447. The number of nitrogens with zero attached hydrogens (tertiary/aromatic N) is 1. The number of pyridine rings is 1. The molecule has 3 heteroatoms. The van der Waals surface area contributed by atoms with Gasteiger partial charge in [-0.05, 0) is 43.7 Å². The first-order valence-corrected chi connectivity index (χ1v) is 7.61. The predicted molar refractivity (Wildman–Crippen MR) is 75.9 cm³/mol. The quantitative estimate of drug-likeness (QED) is 0.825. The Bertz CT molecular complexity index is 396. The van der Waals surface area contributed by atoms with Gasteiger partial charge in [-0.1, -0.05) is 18.9 Å². The SMILES string of the molecule is OC1(CNC(Cc2ccccn2)C2CC2)CCCC1. The van der Waals surface area contributed by atoms with Crippen LogP contribution in [0.2, 0.25) is 0 Å². The van der Waals surface area contributed by atoms with Crippen LogP contribution < -0.4 is 5.32 Å². The van der Waals surface area contributed by atoms with Crippen molar-refractivity contribution in [1.82, 2.24) is 10.3 Å². The maximum atomic E-state index is 10.4. The van der Waals surface area contributed by atoms with E-state index in [0.717, 1.165) is 37.4 Å². The molecule has 0 spiro atoms. The smallest absolute Gasteiger partial charge is 0.0771 e. The van der Waals surface area contributed by atoms with Crippen LogP contribution in [0, 0.1) is 5.92 Å². The van der Waals surface area contributed by atoms with Gasteiger partial charge in [0.15, 0.2) is 0 Å². The highest BCUT2D eigenvalue weighted by Crippen LogP contribution is 2.35. The van der Waals surface area contributed by atoms with Crippen molar-refractivity contribution in [3.63, 3.8) is 0 Å². The average Bonchev–Trinajstić information content (AvgIpc) is 3.18. The van der Waals surface area contributed by atoms with Crippen molar-refractivity contribution in [2.75, 3.05) is 6.54 Å². The molecule has 1 aromatic heterocycles. The fourth-order valence-corrected chi connectivity index (χ4v) is 3.18. The van der Waals surface area contributed by atoms with Crippen LogP contribution >= 0.6 is 0 Å². The lowest BCUT2D eigenvalue weighted by Crippen LogP contribution is -2.44. The Morgan fingerprint density at radius 3 is 2.74 bits per heavy atom. The lowest BCUT2D eigenvalue weighted by molar-refractivity contribution is 0.0440. The highest BCUT2D eigenvalue weighted by molar-refractivity contribution is 5.07. The van der Waals surface area contributed by atoms with E-state index in [0.29, 0.717) is 6.04 Å². The lowest BCUT2D eigenvalue weighted by Gasteiger charge is -2.26. The van der Waals surface area contributed by atoms with Crippen LogP contribution in [0.15, 0.2) is 24.4 Å². The number of nitrogens with one attached hydrogen (secondary N) is 1. The Hall–Kier alpha value is -0.930. The summed E-state index contributed by atoms with van der Waals surface area (Å²) in [6.07, 6.45) is 9.76. The van der Waals surface area contributed by atoms with Crippen LogP contribution in [0.3, 0.4) is 0 Å². The van der Waals surface area contributed by atoms with Crippen molar-refractivity contribution in [2.24, 2.45) is 5.92 Å². The van der Waals surface area contributed by atoms with E-state index in [-0.39, 0.29) is 0 Å². The number of rotatable bonds is 6. The second-order valence-corrected chi connectivity index (χ2v) is 6.28. The summed E-state index contributed by atoms with van der Waals surface area (Å²) in [5, 5.41) is 14.1. The first-order valence-electron chi connectivity index (χ1n) is 7.61. The van der Waals surface area contributed by atoms with Gasteiger partial charge in [0.25, 0.3) is 0 Å². The summed E-state index contributed by atoms with van der Waals surface area (Å²) in [5.74, 6) is 0.784. The summed E-state index contributed by atoms with van der Waals surface area (Å²) in [5.41, 5.74) is 0.711. The molecule has 0 saturated heterocycles. The summed E-state index contributed by atoms with van der Waals surface area (Å²) >= 11 is 0. The highest BCUT2D eigenvalue weighted by atomic mass is 16.3. The molecule has 0 radical (unpaired) electrons. The van der Waals surface area contributed by atoms with E-state index in [9.17, 15) is 5.11 Å². The Morgan fingerprint density at radius 2 is 2.11 bits per heavy atom. The van der Waals surface area contributed by atoms with Gasteiger partial charge in [-0.2, -0.15) is 0 Å². The number of hydrogen-bond donors (Lipinski definition) is 2. The van der Waals surface area contributed by atoms with Gasteiger partial charge in [-0.3, -0.25) is 4.98 Å². The van der Waals surface area contributed by atoms with Gasteiger partial charge in [0.2, 0.25) is 0 Å². The molecule has 104 valence electrons. The molecule has 0 amide bonds. The van der Waals surface area contributed by atoms with Gasteiger partial charge in [0, 0.05) is 30.9 Å². The maximum absolute atomic E-state index is 10.4. The van der Waals surface area contributed by atoms with E-state index >= 15 is 0 Å². The molecule has 1 atom stereocenters. The molecule has 3 rings (SSSR count). The van der Waals surface area contributed by atoms with Crippen molar-refractivity contribution in [3.05, 3.63) is 30.1 Å². The Balaban J connectivity index is 1.56. The Morgan fingerprint density at radius 1 is 1.32 bits per heavy atom. The van der Waals surface area contributed by atoms with E-state index in [2.05, 4.69) is 22.4 Å². The zero-order valence-corrected chi connectivity index (χ0v) is 11.5. The summed E-state index contributed by atoms with van der Waals surface area (Å²) in [7, 11) is 0. The summed E-state index contributed by atoms with van der Waals surface area (Å²) in [4.78, 5) is 4.42. The van der Waals surface area contributed by atoms with E-state index in [1.54, 1.807) is 0 Å². The second kappa shape index (κ2) is 5.59.